The number of aromatic nitrogens is 2. The largest absolute Gasteiger partial charge is 0.478 e. The second-order valence-electron chi connectivity index (χ2n) is 3.25. The highest BCUT2D eigenvalue weighted by atomic mass is 32.2. The van der Waals surface area contributed by atoms with Crippen molar-refractivity contribution in [2.24, 2.45) is 0 Å². The van der Waals surface area contributed by atoms with E-state index in [1.807, 2.05) is 0 Å². The molecule has 1 rings (SSSR count). The van der Waals surface area contributed by atoms with Gasteiger partial charge in [0, 0.05) is 24.6 Å². The summed E-state index contributed by atoms with van der Waals surface area (Å²) in [6.07, 6.45) is 7.81. The van der Waals surface area contributed by atoms with Crippen LogP contribution in [0.4, 0.5) is 5.95 Å². The molecule has 1 aromatic heterocycles. The van der Waals surface area contributed by atoms with Crippen LogP contribution < -0.4 is 10.1 Å². The summed E-state index contributed by atoms with van der Waals surface area (Å²) in [6, 6.07) is 1.76. The van der Waals surface area contributed by atoms with Crippen LogP contribution in [-0.2, 0) is 0 Å². The third-order valence-corrected chi connectivity index (χ3v) is 2.66. The van der Waals surface area contributed by atoms with Gasteiger partial charge in [-0.25, -0.2) is 4.98 Å². The minimum atomic E-state index is 0.597. The minimum absolute atomic E-state index is 0.597. The number of nitrogens with one attached hydrogen (secondary N) is 1. The predicted octanol–water partition coefficient (Wildman–Crippen LogP) is 2.04. The summed E-state index contributed by atoms with van der Waals surface area (Å²) in [6.45, 7) is 3.53. The smallest absolute Gasteiger partial charge is 0.225 e. The third-order valence-electron chi connectivity index (χ3n) is 1.80. The van der Waals surface area contributed by atoms with E-state index in [-0.39, 0.29) is 0 Å². The topological polar surface area (TPSA) is 47.0 Å². The van der Waals surface area contributed by atoms with Crippen molar-refractivity contribution in [1.29, 1.82) is 0 Å². The van der Waals surface area contributed by atoms with Crippen LogP contribution in [0.15, 0.2) is 12.3 Å². The van der Waals surface area contributed by atoms with Gasteiger partial charge in [-0.3, -0.25) is 0 Å². The van der Waals surface area contributed by atoms with Gasteiger partial charge in [0.1, 0.15) is 0 Å². The Morgan fingerprint density at radius 1 is 1.59 bits per heavy atom. The molecule has 1 aromatic rings. The highest BCUT2D eigenvalue weighted by Gasteiger charge is 1.98. The highest BCUT2D eigenvalue weighted by molar-refractivity contribution is 7.99. The summed E-state index contributed by atoms with van der Waals surface area (Å²) < 4.78 is 5.42. The predicted molar refractivity (Wildman–Crippen MR) is 72.5 cm³/mol. The van der Waals surface area contributed by atoms with Crippen molar-refractivity contribution >= 4 is 17.7 Å². The van der Waals surface area contributed by atoms with Crippen molar-refractivity contribution in [2.75, 3.05) is 30.0 Å². The fraction of sp³-hybridized carbons (Fsp3) is 0.500. The first kappa shape index (κ1) is 13.7. The normalized spacial score (nSPS) is 9.65. The quantitative estimate of drug-likeness (QED) is 0.566. The van der Waals surface area contributed by atoms with E-state index in [0.29, 0.717) is 18.4 Å². The molecule has 92 valence electrons. The van der Waals surface area contributed by atoms with E-state index < -0.39 is 0 Å². The Kier molecular flexibility index (Phi) is 6.99. The van der Waals surface area contributed by atoms with Gasteiger partial charge in [0.2, 0.25) is 11.8 Å². The molecule has 0 spiro atoms. The van der Waals surface area contributed by atoms with Crippen molar-refractivity contribution in [3.63, 3.8) is 0 Å². The number of terminal acetylenes is 1. The number of anilines is 1. The van der Waals surface area contributed by atoms with Crippen LogP contribution in [-0.4, -0.2) is 34.6 Å². The zero-order chi connectivity index (χ0) is 12.3. The molecular formula is C12H17N3OS. The average molecular weight is 251 g/mol. The van der Waals surface area contributed by atoms with Crippen LogP contribution in [0.2, 0.25) is 0 Å². The van der Waals surface area contributed by atoms with Gasteiger partial charge in [0.15, 0.2) is 0 Å². The highest BCUT2D eigenvalue weighted by Crippen LogP contribution is 2.08. The van der Waals surface area contributed by atoms with Crippen molar-refractivity contribution in [2.45, 2.75) is 13.3 Å². The van der Waals surface area contributed by atoms with Crippen molar-refractivity contribution in [3.05, 3.63) is 12.3 Å². The van der Waals surface area contributed by atoms with Crippen LogP contribution in [0.25, 0.3) is 0 Å². The number of hydrogen-bond donors (Lipinski definition) is 1. The van der Waals surface area contributed by atoms with E-state index in [4.69, 9.17) is 11.2 Å². The summed E-state index contributed by atoms with van der Waals surface area (Å²) in [4.78, 5) is 8.35. The molecule has 0 aliphatic carbocycles. The lowest BCUT2D eigenvalue weighted by molar-refractivity contribution is 0.305. The van der Waals surface area contributed by atoms with Gasteiger partial charge in [-0.1, -0.05) is 12.8 Å². The monoisotopic (exact) mass is 251 g/mol. The van der Waals surface area contributed by atoms with Crippen molar-refractivity contribution in [3.8, 4) is 18.2 Å². The zero-order valence-corrected chi connectivity index (χ0v) is 10.8. The molecule has 0 saturated heterocycles. The van der Waals surface area contributed by atoms with Gasteiger partial charge < -0.3 is 10.1 Å². The molecule has 0 aliphatic heterocycles. The fourth-order valence-corrected chi connectivity index (χ4v) is 1.59. The molecule has 0 amide bonds. The summed E-state index contributed by atoms with van der Waals surface area (Å²) in [5.41, 5.74) is 0. The van der Waals surface area contributed by atoms with E-state index in [1.165, 1.54) is 0 Å². The molecule has 5 heteroatoms. The molecule has 4 nitrogen and oxygen atoms in total. The molecule has 0 bridgehead atoms. The summed E-state index contributed by atoms with van der Waals surface area (Å²) >= 11 is 1.71. The Hall–Kier alpha value is -1.41. The number of thioether (sulfide) groups is 1. The lowest BCUT2D eigenvalue weighted by atomic mass is 10.5. The van der Waals surface area contributed by atoms with Crippen LogP contribution >= 0.6 is 11.8 Å². The average Bonchev–Trinajstić information content (AvgIpc) is 2.37. The molecule has 0 aliphatic rings. The molecule has 1 N–H and O–H groups in total. The minimum Gasteiger partial charge on any atom is -0.478 e. The third kappa shape index (κ3) is 6.03. The standard InChI is InChI=1S/C12H17N3OS/c1-3-8-16-11-5-6-13-12(15-11)14-7-10-17-9-4-2/h2,5-6H,3,7-10H2,1H3,(H,13,14,15). The van der Waals surface area contributed by atoms with E-state index in [9.17, 15) is 0 Å². The van der Waals surface area contributed by atoms with Gasteiger partial charge in [-0.05, 0) is 6.42 Å². The van der Waals surface area contributed by atoms with E-state index in [1.54, 1.807) is 24.0 Å². The Morgan fingerprint density at radius 3 is 3.24 bits per heavy atom. The molecule has 0 aromatic carbocycles. The van der Waals surface area contributed by atoms with Gasteiger partial charge in [0.05, 0.1) is 12.4 Å². The molecule has 1 heterocycles. The molecular weight excluding hydrogens is 234 g/mol. The Balaban J connectivity index is 2.30. The molecule has 0 saturated carbocycles. The fourth-order valence-electron chi connectivity index (χ4n) is 1.08. The maximum absolute atomic E-state index is 5.42. The molecule has 17 heavy (non-hydrogen) atoms. The first-order valence-corrected chi connectivity index (χ1v) is 6.73. The molecule has 0 radical (unpaired) electrons. The van der Waals surface area contributed by atoms with Gasteiger partial charge >= 0.3 is 0 Å². The van der Waals surface area contributed by atoms with Gasteiger partial charge in [-0.2, -0.15) is 4.98 Å². The Bertz CT molecular complexity index is 365. The number of ether oxygens (including phenoxy) is 1. The van der Waals surface area contributed by atoms with Gasteiger partial charge in [0.25, 0.3) is 0 Å². The van der Waals surface area contributed by atoms with Crippen LogP contribution in [0.3, 0.4) is 0 Å². The first-order chi connectivity index (χ1) is 8.36. The number of nitrogens with zero attached hydrogens (tertiary/aromatic N) is 2. The maximum atomic E-state index is 5.42. The summed E-state index contributed by atoms with van der Waals surface area (Å²) in [5, 5.41) is 3.13. The molecule has 0 unspecified atom stereocenters. The first-order valence-electron chi connectivity index (χ1n) is 5.57. The number of hydrogen-bond acceptors (Lipinski definition) is 5. The Morgan fingerprint density at radius 2 is 2.47 bits per heavy atom. The summed E-state index contributed by atoms with van der Waals surface area (Å²) in [7, 11) is 0. The lowest BCUT2D eigenvalue weighted by Gasteiger charge is -2.06. The zero-order valence-electron chi connectivity index (χ0n) is 9.98. The van der Waals surface area contributed by atoms with Crippen molar-refractivity contribution < 1.29 is 4.74 Å². The van der Waals surface area contributed by atoms with Gasteiger partial charge in [-0.15, -0.1) is 18.2 Å². The van der Waals surface area contributed by atoms with Crippen LogP contribution in [0.5, 0.6) is 5.88 Å². The second-order valence-corrected chi connectivity index (χ2v) is 4.36. The maximum Gasteiger partial charge on any atom is 0.225 e. The molecule has 0 atom stereocenters. The van der Waals surface area contributed by atoms with E-state index >= 15 is 0 Å². The summed E-state index contributed by atoms with van der Waals surface area (Å²) in [5.74, 6) is 5.47. The van der Waals surface area contributed by atoms with Crippen LogP contribution in [0, 0.1) is 12.3 Å². The SMILES string of the molecule is C#CCSCCNc1nccc(OCCC)n1. The van der Waals surface area contributed by atoms with E-state index in [2.05, 4.69) is 28.1 Å². The second kappa shape index (κ2) is 8.71. The van der Waals surface area contributed by atoms with Crippen LogP contribution in [0.1, 0.15) is 13.3 Å². The Labute approximate surface area is 107 Å². The molecule has 0 fully saturated rings. The lowest BCUT2D eigenvalue weighted by Crippen LogP contribution is -2.08. The van der Waals surface area contributed by atoms with E-state index in [0.717, 1.165) is 24.5 Å². The van der Waals surface area contributed by atoms with Crippen molar-refractivity contribution in [1.82, 2.24) is 9.97 Å². The number of rotatable bonds is 8.